The van der Waals surface area contributed by atoms with Crippen LogP contribution in [0.15, 0.2) is 77.2 Å². The average molecular weight is 503 g/mol. The van der Waals surface area contributed by atoms with Crippen molar-refractivity contribution in [1.82, 2.24) is 9.47 Å². The zero-order valence-electron chi connectivity index (χ0n) is 21.6. The van der Waals surface area contributed by atoms with Gasteiger partial charge in [-0.1, -0.05) is 13.0 Å². The van der Waals surface area contributed by atoms with E-state index in [0.29, 0.717) is 23.3 Å². The lowest BCUT2D eigenvalue weighted by molar-refractivity contribution is 0.313. The van der Waals surface area contributed by atoms with E-state index in [0.717, 1.165) is 60.7 Å². The van der Waals surface area contributed by atoms with Crippen LogP contribution in [0.2, 0.25) is 0 Å². The highest BCUT2D eigenvalue weighted by Gasteiger charge is 2.18. The fraction of sp³-hybridized carbons (Fsp3) is 0.345. The number of hydrogen-bond acceptors (Lipinski definition) is 6. The van der Waals surface area contributed by atoms with E-state index in [4.69, 9.17) is 15.5 Å². The molecule has 0 radical (unpaired) electrons. The van der Waals surface area contributed by atoms with E-state index < -0.39 is 6.67 Å². The molecule has 3 heterocycles. The lowest BCUT2D eigenvalue weighted by Crippen LogP contribution is -2.44. The zero-order chi connectivity index (χ0) is 25.8. The van der Waals surface area contributed by atoms with Crippen molar-refractivity contribution < 1.29 is 9.13 Å². The molecule has 3 aromatic rings. The van der Waals surface area contributed by atoms with Crippen LogP contribution in [0.25, 0.3) is 5.76 Å². The molecule has 5 rings (SSSR count). The number of anilines is 3. The summed E-state index contributed by atoms with van der Waals surface area (Å²) >= 11 is 0. The van der Waals surface area contributed by atoms with Gasteiger partial charge in [-0.25, -0.2) is 9.38 Å². The van der Waals surface area contributed by atoms with Gasteiger partial charge in [0.2, 0.25) is 0 Å². The first-order valence-corrected chi connectivity index (χ1v) is 12.9. The second-order valence-electron chi connectivity index (χ2n) is 9.59. The summed E-state index contributed by atoms with van der Waals surface area (Å²) < 4.78 is 21.6. The van der Waals surface area contributed by atoms with E-state index in [1.807, 2.05) is 41.1 Å². The third-order valence-corrected chi connectivity index (χ3v) is 7.01. The fourth-order valence-electron chi connectivity index (χ4n) is 4.81. The molecule has 37 heavy (non-hydrogen) atoms. The minimum absolute atomic E-state index is 0.235. The number of likely N-dealkylation sites (N-methyl/N-ethyl adjacent to an activating group) is 1. The third-order valence-electron chi connectivity index (χ3n) is 7.01. The summed E-state index contributed by atoms with van der Waals surface area (Å²) in [7, 11) is 2.16. The monoisotopic (exact) mass is 502 g/mol. The maximum atomic E-state index is 13.4. The molecule has 194 valence electrons. The van der Waals surface area contributed by atoms with Gasteiger partial charge < -0.3 is 30.2 Å². The standard InChI is InChI=1S/C29H35FN6O/c1-3-21-19-27(37-25-6-4-5-22(31)20-25)26-11-13-36(14-12-30)29(26)33-28(21)32-23-7-9-24(10-8-23)35-17-15-34(2)16-18-35/h4-11,13,20,32H,3,12,14-19,31H2,1-2H3. The van der Waals surface area contributed by atoms with E-state index in [1.54, 1.807) is 0 Å². The number of halogens is 1. The highest BCUT2D eigenvalue weighted by molar-refractivity contribution is 5.59. The van der Waals surface area contributed by atoms with Crippen LogP contribution in [-0.4, -0.2) is 49.4 Å². The SMILES string of the molecule is CCC1=C(Nc2ccc(N3CCN(C)CC3)cc2)N=c2c(ccn2CCF)=C(Oc2cccc(N)c2)C1. The largest absolute Gasteiger partial charge is 0.461 e. The average Bonchev–Trinajstić information content (AvgIpc) is 3.22. The summed E-state index contributed by atoms with van der Waals surface area (Å²) in [6.07, 6.45) is 3.25. The molecule has 3 N–H and O–H groups in total. The molecule has 0 unspecified atom stereocenters. The molecule has 0 bridgehead atoms. The number of nitrogen functional groups attached to an aromatic ring is 1. The zero-order valence-corrected chi connectivity index (χ0v) is 21.6. The van der Waals surface area contributed by atoms with Crippen LogP contribution in [0.3, 0.4) is 0 Å². The molecule has 2 aromatic carbocycles. The quantitative estimate of drug-likeness (QED) is 0.460. The van der Waals surface area contributed by atoms with Crippen LogP contribution in [0.1, 0.15) is 19.8 Å². The van der Waals surface area contributed by atoms with Gasteiger partial charge in [-0.05, 0) is 61.5 Å². The summed E-state index contributed by atoms with van der Waals surface area (Å²) in [5, 5.41) is 4.41. The van der Waals surface area contributed by atoms with Crippen molar-refractivity contribution in [3.8, 4) is 5.75 Å². The highest BCUT2D eigenvalue weighted by atomic mass is 19.1. The summed E-state index contributed by atoms with van der Waals surface area (Å²) in [6, 6.07) is 17.9. The van der Waals surface area contributed by atoms with Crippen molar-refractivity contribution in [3.05, 3.63) is 82.9 Å². The van der Waals surface area contributed by atoms with Gasteiger partial charge in [-0.3, -0.25) is 0 Å². The Bertz CT molecular complexity index is 1390. The first-order valence-electron chi connectivity index (χ1n) is 12.9. The minimum atomic E-state index is -0.469. The van der Waals surface area contributed by atoms with Crippen LogP contribution in [0.5, 0.6) is 5.75 Å². The molecule has 2 aliphatic rings. The Labute approximate surface area is 217 Å². The molecular formula is C29H35FN6O. The fourth-order valence-corrected chi connectivity index (χ4v) is 4.81. The van der Waals surface area contributed by atoms with Crippen molar-refractivity contribution in [2.24, 2.45) is 4.99 Å². The lowest BCUT2D eigenvalue weighted by Gasteiger charge is -2.34. The summed E-state index contributed by atoms with van der Waals surface area (Å²) in [5.74, 6) is 2.23. The molecule has 8 heteroatoms. The Morgan fingerprint density at radius 1 is 1.05 bits per heavy atom. The molecule has 0 saturated carbocycles. The second kappa shape index (κ2) is 11.1. The van der Waals surface area contributed by atoms with Gasteiger partial charge in [-0.2, -0.15) is 0 Å². The Balaban J connectivity index is 1.47. The number of hydrogen-bond donors (Lipinski definition) is 2. The van der Waals surface area contributed by atoms with Crippen molar-refractivity contribution in [1.29, 1.82) is 0 Å². The number of aryl methyl sites for hydroxylation is 1. The van der Waals surface area contributed by atoms with E-state index >= 15 is 0 Å². The van der Waals surface area contributed by atoms with Gasteiger partial charge in [0.1, 0.15) is 29.5 Å². The van der Waals surface area contributed by atoms with Crippen LogP contribution in [0.4, 0.5) is 21.5 Å². The van der Waals surface area contributed by atoms with Crippen LogP contribution in [0, 0.1) is 0 Å². The third kappa shape index (κ3) is 5.64. The molecule has 7 nitrogen and oxygen atoms in total. The number of alkyl halides is 1. The molecule has 0 amide bonds. The van der Waals surface area contributed by atoms with E-state index in [2.05, 4.69) is 53.4 Å². The number of piperazine rings is 1. The number of aromatic nitrogens is 1. The predicted molar refractivity (Wildman–Crippen MR) is 148 cm³/mol. The summed E-state index contributed by atoms with van der Waals surface area (Å²) in [5.41, 5.74) is 10.6. The first kappa shape index (κ1) is 24.9. The lowest BCUT2D eigenvalue weighted by atomic mass is 10.1. The number of ether oxygens (including phenoxy) is 1. The van der Waals surface area contributed by atoms with Crippen LogP contribution in [-0.2, 0) is 6.54 Å². The molecule has 1 fully saturated rings. The first-order chi connectivity index (χ1) is 18.0. The smallest absolute Gasteiger partial charge is 0.145 e. The summed E-state index contributed by atoms with van der Waals surface area (Å²) in [4.78, 5) is 9.79. The van der Waals surface area contributed by atoms with Gasteiger partial charge in [0.15, 0.2) is 0 Å². The molecular weight excluding hydrogens is 467 g/mol. The van der Waals surface area contributed by atoms with Crippen molar-refractivity contribution in [3.63, 3.8) is 0 Å². The number of benzene rings is 2. The Hall–Kier alpha value is -3.78. The Kier molecular flexibility index (Phi) is 7.46. The molecule has 0 atom stereocenters. The molecule has 1 aromatic heterocycles. The molecule has 1 saturated heterocycles. The number of rotatable bonds is 8. The number of nitrogens with zero attached hydrogens (tertiary/aromatic N) is 4. The van der Waals surface area contributed by atoms with Gasteiger partial charge >= 0.3 is 0 Å². The molecule has 0 aliphatic carbocycles. The number of fused-ring (bicyclic) bond motifs is 1. The maximum Gasteiger partial charge on any atom is 0.145 e. The van der Waals surface area contributed by atoms with E-state index in [9.17, 15) is 4.39 Å². The van der Waals surface area contributed by atoms with Crippen molar-refractivity contribution in [2.75, 3.05) is 55.9 Å². The van der Waals surface area contributed by atoms with Crippen LogP contribution >= 0.6 is 0 Å². The normalized spacial score (nSPS) is 16.3. The number of nitrogens with one attached hydrogen (secondary N) is 1. The van der Waals surface area contributed by atoms with Gasteiger partial charge in [0, 0.05) is 61.9 Å². The van der Waals surface area contributed by atoms with Gasteiger partial charge in [0.25, 0.3) is 0 Å². The van der Waals surface area contributed by atoms with Gasteiger partial charge in [-0.15, -0.1) is 0 Å². The molecule has 2 aliphatic heterocycles. The Morgan fingerprint density at radius 2 is 1.84 bits per heavy atom. The highest BCUT2D eigenvalue weighted by Crippen LogP contribution is 2.27. The van der Waals surface area contributed by atoms with Crippen molar-refractivity contribution >= 4 is 22.8 Å². The predicted octanol–water partition coefficient (Wildman–Crippen LogP) is 3.74. The topological polar surface area (TPSA) is 71.0 Å². The van der Waals surface area contributed by atoms with E-state index in [-0.39, 0.29) is 6.54 Å². The summed E-state index contributed by atoms with van der Waals surface area (Å²) in [6.45, 7) is 6.09. The maximum absolute atomic E-state index is 13.4. The Morgan fingerprint density at radius 3 is 2.54 bits per heavy atom. The van der Waals surface area contributed by atoms with Gasteiger partial charge in [0.05, 0.1) is 11.8 Å². The second-order valence-corrected chi connectivity index (χ2v) is 9.59. The minimum Gasteiger partial charge on any atom is -0.461 e. The van der Waals surface area contributed by atoms with Crippen LogP contribution < -0.4 is 31.4 Å². The van der Waals surface area contributed by atoms with Crippen molar-refractivity contribution in [2.45, 2.75) is 26.3 Å². The molecule has 0 spiro atoms. The number of nitrogens with two attached hydrogens (primary N) is 1. The van der Waals surface area contributed by atoms with E-state index in [1.165, 1.54) is 5.69 Å².